The van der Waals surface area contributed by atoms with E-state index < -0.39 is 10.9 Å². The van der Waals surface area contributed by atoms with E-state index in [2.05, 4.69) is 9.97 Å². The van der Waals surface area contributed by atoms with Gasteiger partial charge in [-0.1, -0.05) is 18.2 Å². The third-order valence-electron chi connectivity index (χ3n) is 4.15. The van der Waals surface area contributed by atoms with Gasteiger partial charge in [0.1, 0.15) is 0 Å². The second kappa shape index (κ2) is 8.83. The number of nitrogens with zero attached hydrogens (tertiary/aromatic N) is 4. The molecule has 0 fully saturated rings. The van der Waals surface area contributed by atoms with E-state index in [1.165, 1.54) is 12.1 Å². The predicted octanol–water partition coefficient (Wildman–Crippen LogP) is 3.29. The van der Waals surface area contributed by atoms with Crippen molar-refractivity contribution in [1.29, 1.82) is 0 Å². The third kappa shape index (κ3) is 4.95. The highest BCUT2D eigenvalue weighted by atomic mass is 16.6. The lowest BCUT2D eigenvalue weighted by Gasteiger charge is -2.22. The predicted molar refractivity (Wildman–Crippen MR) is 101 cm³/mol. The number of carboxylic acid groups (broad SMARTS) is 1. The van der Waals surface area contributed by atoms with Gasteiger partial charge in [-0.2, -0.15) is 0 Å². The molecule has 142 valence electrons. The average molecular weight is 378 g/mol. The van der Waals surface area contributed by atoms with Crippen LogP contribution in [0.15, 0.2) is 67.0 Å². The van der Waals surface area contributed by atoms with Gasteiger partial charge in [0.05, 0.1) is 21.9 Å². The molecule has 0 saturated heterocycles. The van der Waals surface area contributed by atoms with Gasteiger partial charge in [-0.25, -0.2) is 4.79 Å². The van der Waals surface area contributed by atoms with Crippen molar-refractivity contribution in [2.45, 2.75) is 19.6 Å². The maximum Gasteiger partial charge on any atom is 0.336 e. The maximum absolute atomic E-state index is 11.6. The summed E-state index contributed by atoms with van der Waals surface area (Å²) in [6, 6.07) is 15.1. The molecule has 1 aromatic carbocycles. The molecule has 3 aromatic rings. The molecule has 0 saturated carbocycles. The minimum Gasteiger partial charge on any atom is -0.478 e. The molecule has 0 bridgehead atoms. The zero-order valence-corrected chi connectivity index (χ0v) is 14.9. The quantitative estimate of drug-likeness (QED) is 0.473. The number of benzene rings is 1. The van der Waals surface area contributed by atoms with E-state index in [0.717, 1.165) is 17.5 Å². The number of nitro benzene ring substituents is 1. The van der Waals surface area contributed by atoms with E-state index in [4.69, 9.17) is 0 Å². The Labute approximate surface area is 161 Å². The van der Waals surface area contributed by atoms with E-state index >= 15 is 0 Å². The smallest absolute Gasteiger partial charge is 0.336 e. The molecule has 8 nitrogen and oxygen atoms in total. The Morgan fingerprint density at radius 1 is 0.964 bits per heavy atom. The van der Waals surface area contributed by atoms with Gasteiger partial charge in [-0.3, -0.25) is 25.0 Å². The molecule has 0 unspecified atom stereocenters. The third-order valence-corrected chi connectivity index (χ3v) is 4.15. The molecular formula is C20H18N4O4. The molecule has 0 aliphatic rings. The number of carbonyl (C=O) groups is 1. The second-order valence-electron chi connectivity index (χ2n) is 6.19. The van der Waals surface area contributed by atoms with E-state index in [1.54, 1.807) is 12.4 Å². The van der Waals surface area contributed by atoms with Crippen LogP contribution < -0.4 is 0 Å². The van der Waals surface area contributed by atoms with Crippen LogP contribution in [-0.4, -0.2) is 30.9 Å². The van der Waals surface area contributed by atoms with Crippen molar-refractivity contribution in [3.8, 4) is 0 Å². The van der Waals surface area contributed by atoms with E-state index in [9.17, 15) is 20.0 Å². The molecule has 3 rings (SSSR count). The summed E-state index contributed by atoms with van der Waals surface area (Å²) in [6.45, 7) is 1.24. The first kappa shape index (κ1) is 19.1. The van der Waals surface area contributed by atoms with Crippen molar-refractivity contribution < 1.29 is 14.8 Å². The lowest BCUT2D eigenvalue weighted by atomic mass is 10.1. The minimum absolute atomic E-state index is 0.0822. The van der Waals surface area contributed by atoms with Crippen molar-refractivity contribution in [1.82, 2.24) is 14.9 Å². The molecule has 0 aliphatic carbocycles. The van der Waals surface area contributed by atoms with E-state index in [-0.39, 0.29) is 17.8 Å². The Hall–Kier alpha value is -3.65. The van der Waals surface area contributed by atoms with Gasteiger partial charge in [-0.15, -0.1) is 0 Å². The highest BCUT2D eigenvalue weighted by Crippen LogP contribution is 2.21. The lowest BCUT2D eigenvalue weighted by Crippen LogP contribution is -2.24. The van der Waals surface area contributed by atoms with Crippen LogP contribution in [0.1, 0.15) is 27.3 Å². The number of nitro groups is 1. The number of carboxylic acids is 1. The van der Waals surface area contributed by atoms with Crippen LogP contribution in [-0.2, 0) is 19.6 Å². The first-order valence-electron chi connectivity index (χ1n) is 8.55. The molecule has 28 heavy (non-hydrogen) atoms. The number of hydrogen-bond donors (Lipinski definition) is 1. The van der Waals surface area contributed by atoms with Crippen molar-refractivity contribution in [3.05, 3.63) is 99.6 Å². The number of non-ortho nitro benzene ring substituents is 1. The zero-order valence-electron chi connectivity index (χ0n) is 14.9. The van der Waals surface area contributed by atoms with Crippen LogP contribution in [0, 0.1) is 10.1 Å². The number of rotatable bonds is 8. The molecule has 2 aromatic heterocycles. The zero-order chi connectivity index (χ0) is 19.9. The summed E-state index contributed by atoms with van der Waals surface area (Å²) in [5, 5.41) is 20.5. The summed E-state index contributed by atoms with van der Waals surface area (Å²) < 4.78 is 0. The highest BCUT2D eigenvalue weighted by molar-refractivity contribution is 5.90. The van der Waals surface area contributed by atoms with Crippen molar-refractivity contribution in [3.63, 3.8) is 0 Å². The highest BCUT2D eigenvalue weighted by Gasteiger charge is 2.19. The Kier molecular flexibility index (Phi) is 6.03. The molecule has 1 N–H and O–H groups in total. The SMILES string of the molecule is O=C(O)c1cc([N+](=O)[O-])ccc1CN(Cc1ccccn1)Cc1ccccn1. The van der Waals surface area contributed by atoms with Crippen molar-refractivity contribution >= 4 is 11.7 Å². The minimum atomic E-state index is -1.20. The number of aromatic carboxylic acids is 1. The molecular weight excluding hydrogens is 360 g/mol. The summed E-state index contributed by atoms with van der Waals surface area (Å²) >= 11 is 0. The number of aromatic nitrogens is 2. The summed E-state index contributed by atoms with van der Waals surface area (Å²) in [6.07, 6.45) is 3.39. The van der Waals surface area contributed by atoms with Gasteiger partial charge < -0.3 is 5.11 Å². The Morgan fingerprint density at radius 2 is 1.57 bits per heavy atom. The summed E-state index contributed by atoms with van der Waals surface area (Å²) in [5.74, 6) is -1.20. The summed E-state index contributed by atoms with van der Waals surface area (Å²) in [5.41, 5.74) is 1.82. The van der Waals surface area contributed by atoms with Crippen LogP contribution in [0.25, 0.3) is 0 Å². The molecule has 2 heterocycles. The van der Waals surface area contributed by atoms with Gasteiger partial charge in [0.2, 0.25) is 0 Å². The van der Waals surface area contributed by atoms with Gasteiger partial charge in [0.25, 0.3) is 5.69 Å². The Balaban J connectivity index is 1.90. The van der Waals surface area contributed by atoms with Gasteiger partial charge in [0.15, 0.2) is 0 Å². The normalized spacial score (nSPS) is 10.8. The topological polar surface area (TPSA) is 109 Å². The summed E-state index contributed by atoms with van der Waals surface area (Å²) in [7, 11) is 0. The average Bonchev–Trinajstić information content (AvgIpc) is 2.69. The van der Waals surface area contributed by atoms with Crippen LogP contribution in [0.4, 0.5) is 5.69 Å². The van der Waals surface area contributed by atoms with Gasteiger partial charge >= 0.3 is 5.97 Å². The van der Waals surface area contributed by atoms with Crippen LogP contribution in [0.2, 0.25) is 0 Å². The molecule has 0 spiro atoms. The van der Waals surface area contributed by atoms with Crippen LogP contribution in [0.5, 0.6) is 0 Å². The Morgan fingerprint density at radius 3 is 2.04 bits per heavy atom. The van der Waals surface area contributed by atoms with E-state index in [0.29, 0.717) is 18.7 Å². The number of pyridine rings is 2. The number of hydrogen-bond acceptors (Lipinski definition) is 6. The van der Waals surface area contributed by atoms with Crippen molar-refractivity contribution in [2.75, 3.05) is 0 Å². The van der Waals surface area contributed by atoms with Crippen molar-refractivity contribution in [2.24, 2.45) is 0 Å². The molecule has 0 atom stereocenters. The fourth-order valence-corrected chi connectivity index (χ4v) is 2.87. The summed E-state index contributed by atoms with van der Waals surface area (Å²) in [4.78, 5) is 32.7. The Bertz CT molecular complexity index is 923. The van der Waals surface area contributed by atoms with Gasteiger partial charge in [0, 0.05) is 44.2 Å². The maximum atomic E-state index is 11.6. The standard InChI is InChI=1S/C20H18N4O4/c25-20(26)19-11-18(24(27)28)8-7-15(19)12-23(13-16-5-1-3-9-21-16)14-17-6-2-4-10-22-17/h1-11H,12-14H2,(H,25,26). The molecule has 0 radical (unpaired) electrons. The van der Waals surface area contributed by atoms with E-state index in [1.807, 2.05) is 41.3 Å². The molecule has 8 heteroatoms. The molecule has 0 aliphatic heterocycles. The molecule has 0 amide bonds. The second-order valence-corrected chi connectivity index (χ2v) is 6.19. The fourth-order valence-electron chi connectivity index (χ4n) is 2.87. The monoisotopic (exact) mass is 378 g/mol. The van der Waals surface area contributed by atoms with Gasteiger partial charge in [-0.05, 0) is 29.8 Å². The largest absolute Gasteiger partial charge is 0.478 e. The lowest BCUT2D eigenvalue weighted by molar-refractivity contribution is -0.384. The fraction of sp³-hybridized carbons (Fsp3) is 0.150. The van der Waals surface area contributed by atoms with Crippen LogP contribution in [0.3, 0.4) is 0 Å². The first-order chi connectivity index (χ1) is 13.5. The first-order valence-corrected chi connectivity index (χ1v) is 8.55. The van der Waals surface area contributed by atoms with Crippen LogP contribution >= 0.6 is 0 Å².